The molecule has 144 valence electrons. The second-order valence-electron chi connectivity index (χ2n) is 8.01. The minimum atomic E-state index is -0.148. The Balaban J connectivity index is 1.57. The van der Waals surface area contributed by atoms with Crippen LogP contribution >= 0.6 is 0 Å². The van der Waals surface area contributed by atoms with Crippen LogP contribution in [0.4, 0.5) is 0 Å². The van der Waals surface area contributed by atoms with Crippen molar-refractivity contribution < 1.29 is 14.6 Å². The quantitative estimate of drug-likeness (QED) is 0.887. The number of para-hydroxylation sites is 1. The van der Waals surface area contributed by atoms with Gasteiger partial charge < -0.3 is 14.6 Å². The van der Waals surface area contributed by atoms with Crippen molar-refractivity contribution >= 4 is 0 Å². The van der Waals surface area contributed by atoms with Crippen LogP contribution in [0.5, 0.6) is 11.5 Å². The molecular weight excluding hydrogens is 338 g/mol. The molecule has 1 spiro atoms. The lowest BCUT2D eigenvalue weighted by atomic mass is 9.78. The molecule has 0 saturated heterocycles. The highest BCUT2D eigenvalue weighted by Gasteiger charge is 2.40. The van der Waals surface area contributed by atoms with E-state index < -0.39 is 0 Å². The fraction of sp³-hybridized carbons (Fsp3) is 0.478. The van der Waals surface area contributed by atoms with Gasteiger partial charge in [0.2, 0.25) is 0 Å². The van der Waals surface area contributed by atoms with E-state index in [1.807, 2.05) is 12.1 Å². The van der Waals surface area contributed by atoms with Gasteiger partial charge in [0.05, 0.1) is 7.11 Å². The summed E-state index contributed by atoms with van der Waals surface area (Å²) in [5.41, 5.74) is 2.40. The summed E-state index contributed by atoms with van der Waals surface area (Å²) in [6, 6.07) is 16.8. The zero-order chi connectivity index (χ0) is 18.7. The summed E-state index contributed by atoms with van der Waals surface area (Å²) in [6.07, 6.45) is 4.08. The predicted molar refractivity (Wildman–Crippen MR) is 106 cm³/mol. The van der Waals surface area contributed by atoms with Crippen LogP contribution in [0, 0.1) is 5.92 Å². The van der Waals surface area contributed by atoms with Gasteiger partial charge in [-0.3, -0.25) is 4.90 Å². The summed E-state index contributed by atoms with van der Waals surface area (Å²) in [5.74, 6) is 2.34. The number of methoxy groups -OCH3 is 1. The molecule has 1 aliphatic carbocycles. The normalized spacial score (nSPS) is 25.5. The van der Waals surface area contributed by atoms with E-state index in [0.29, 0.717) is 12.5 Å². The maximum absolute atomic E-state index is 9.52. The van der Waals surface area contributed by atoms with Crippen molar-refractivity contribution in [3.8, 4) is 11.5 Å². The third kappa shape index (κ3) is 4.12. The number of nitrogens with zero attached hydrogens (tertiary/aromatic N) is 1. The molecule has 0 atom stereocenters. The molecule has 1 saturated carbocycles. The Morgan fingerprint density at radius 2 is 1.85 bits per heavy atom. The van der Waals surface area contributed by atoms with E-state index in [1.165, 1.54) is 11.1 Å². The van der Waals surface area contributed by atoms with Crippen LogP contribution in [0.3, 0.4) is 0 Å². The monoisotopic (exact) mass is 367 g/mol. The van der Waals surface area contributed by atoms with E-state index in [2.05, 4.69) is 41.3 Å². The average molecular weight is 367 g/mol. The maximum Gasteiger partial charge on any atom is 0.124 e. The fourth-order valence-electron chi connectivity index (χ4n) is 4.45. The smallest absolute Gasteiger partial charge is 0.124 e. The molecular formula is C23H29NO3. The van der Waals surface area contributed by atoms with Crippen LogP contribution in [0.15, 0.2) is 48.5 Å². The standard InChI is InChI=1S/C23H29NO3/c1-26-21-8-6-18(7-9-21)14-24-15-20-4-2-3-5-22(20)27-23(17-24)12-10-19(16-25)11-13-23/h2-9,19,25H,10-17H2,1H3. The maximum atomic E-state index is 9.52. The summed E-state index contributed by atoms with van der Waals surface area (Å²) in [4.78, 5) is 2.51. The number of ether oxygens (including phenoxy) is 2. The lowest BCUT2D eigenvalue weighted by molar-refractivity contribution is -0.0154. The first kappa shape index (κ1) is 18.3. The van der Waals surface area contributed by atoms with Gasteiger partial charge in [-0.2, -0.15) is 0 Å². The highest BCUT2D eigenvalue weighted by molar-refractivity contribution is 5.35. The third-order valence-electron chi connectivity index (χ3n) is 6.04. The van der Waals surface area contributed by atoms with Gasteiger partial charge in [0.1, 0.15) is 17.1 Å². The highest BCUT2D eigenvalue weighted by atomic mass is 16.5. The molecule has 1 heterocycles. The largest absolute Gasteiger partial charge is 0.497 e. The number of fused-ring (bicyclic) bond motifs is 1. The van der Waals surface area contributed by atoms with Crippen LogP contribution in [0.25, 0.3) is 0 Å². The minimum absolute atomic E-state index is 0.148. The van der Waals surface area contributed by atoms with Crippen LogP contribution in [0.1, 0.15) is 36.8 Å². The highest BCUT2D eigenvalue weighted by Crippen LogP contribution is 2.40. The molecule has 0 aromatic heterocycles. The molecule has 27 heavy (non-hydrogen) atoms. The summed E-state index contributed by atoms with van der Waals surface area (Å²) >= 11 is 0. The van der Waals surface area contributed by atoms with Crippen molar-refractivity contribution in [3.63, 3.8) is 0 Å². The number of aliphatic hydroxyl groups excluding tert-OH is 1. The van der Waals surface area contributed by atoms with Gasteiger partial charge >= 0.3 is 0 Å². The van der Waals surface area contributed by atoms with Gasteiger partial charge in [0.25, 0.3) is 0 Å². The topological polar surface area (TPSA) is 41.9 Å². The second-order valence-corrected chi connectivity index (χ2v) is 8.01. The van der Waals surface area contributed by atoms with E-state index >= 15 is 0 Å². The second kappa shape index (κ2) is 7.91. The molecule has 2 aromatic carbocycles. The zero-order valence-electron chi connectivity index (χ0n) is 16.1. The number of hydrogen-bond donors (Lipinski definition) is 1. The zero-order valence-corrected chi connectivity index (χ0v) is 16.1. The van der Waals surface area contributed by atoms with Gasteiger partial charge in [-0.1, -0.05) is 30.3 Å². The van der Waals surface area contributed by atoms with Crippen LogP contribution in [0.2, 0.25) is 0 Å². The summed E-state index contributed by atoms with van der Waals surface area (Å²) < 4.78 is 11.9. The third-order valence-corrected chi connectivity index (χ3v) is 6.04. The molecule has 2 aliphatic rings. The van der Waals surface area contributed by atoms with E-state index in [0.717, 1.165) is 56.8 Å². The van der Waals surface area contributed by atoms with Gasteiger partial charge in [-0.15, -0.1) is 0 Å². The van der Waals surface area contributed by atoms with E-state index in [4.69, 9.17) is 9.47 Å². The number of aliphatic hydroxyl groups is 1. The Morgan fingerprint density at radius 3 is 2.56 bits per heavy atom. The van der Waals surface area contributed by atoms with Crippen molar-refractivity contribution in [3.05, 3.63) is 59.7 Å². The Kier molecular flexibility index (Phi) is 5.37. The lowest BCUT2D eigenvalue weighted by Crippen LogP contribution is -2.48. The van der Waals surface area contributed by atoms with Crippen LogP contribution < -0.4 is 9.47 Å². The molecule has 0 bridgehead atoms. The van der Waals surface area contributed by atoms with Crippen LogP contribution in [-0.4, -0.2) is 35.9 Å². The van der Waals surface area contributed by atoms with Gasteiger partial charge in [0, 0.05) is 31.8 Å². The minimum Gasteiger partial charge on any atom is -0.497 e. The predicted octanol–water partition coefficient (Wildman–Crippen LogP) is 4.01. The van der Waals surface area contributed by atoms with E-state index in [-0.39, 0.29) is 5.60 Å². The van der Waals surface area contributed by atoms with Crippen molar-refractivity contribution in [2.24, 2.45) is 5.92 Å². The van der Waals surface area contributed by atoms with Crippen molar-refractivity contribution in [2.45, 2.75) is 44.4 Å². The fourth-order valence-corrected chi connectivity index (χ4v) is 4.45. The molecule has 4 nitrogen and oxygen atoms in total. The summed E-state index contributed by atoms with van der Waals surface area (Å²) in [6.45, 7) is 3.01. The van der Waals surface area contributed by atoms with E-state index in [1.54, 1.807) is 7.11 Å². The number of hydrogen-bond acceptors (Lipinski definition) is 4. The molecule has 1 aliphatic heterocycles. The molecule has 0 radical (unpaired) electrons. The number of rotatable bonds is 4. The van der Waals surface area contributed by atoms with Gasteiger partial charge in [0.15, 0.2) is 0 Å². The molecule has 2 aromatic rings. The Labute approximate surface area is 161 Å². The summed E-state index contributed by atoms with van der Waals surface area (Å²) in [5, 5.41) is 9.52. The van der Waals surface area contributed by atoms with Crippen molar-refractivity contribution in [1.82, 2.24) is 4.90 Å². The van der Waals surface area contributed by atoms with Gasteiger partial charge in [-0.25, -0.2) is 0 Å². The first-order chi connectivity index (χ1) is 13.2. The SMILES string of the molecule is COc1ccc(CN2Cc3ccccc3OC3(CCC(CO)CC3)C2)cc1. The Morgan fingerprint density at radius 1 is 1.11 bits per heavy atom. The van der Waals surface area contributed by atoms with Crippen LogP contribution in [-0.2, 0) is 13.1 Å². The first-order valence-electron chi connectivity index (χ1n) is 9.93. The van der Waals surface area contributed by atoms with Gasteiger partial charge in [-0.05, 0) is 55.4 Å². The molecule has 1 N–H and O–H groups in total. The molecule has 1 fully saturated rings. The van der Waals surface area contributed by atoms with E-state index in [9.17, 15) is 5.11 Å². The molecule has 4 heteroatoms. The number of benzene rings is 2. The Bertz CT molecular complexity index is 750. The molecule has 0 amide bonds. The molecule has 4 rings (SSSR count). The molecule has 0 unspecified atom stereocenters. The van der Waals surface area contributed by atoms with Crippen molar-refractivity contribution in [1.29, 1.82) is 0 Å². The average Bonchev–Trinajstić information content (AvgIpc) is 2.85. The lowest BCUT2D eigenvalue weighted by Gasteiger charge is -2.41. The Hall–Kier alpha value is -2.04. The summed E-state index contributed by atoms with van der Waals surface area (Å²) in [7, 11) is 1.70. The van der Waals surface area contributed by atoms with Crippen molar-refractivity contribution in [2.75, 3.05) is 20.3 Å². The first-order valence-corrected chi connectivity index (χ1v) is 9.93.